The molecule has 3 aromatic rings. The largest absolute Gasteiger partial charge is 0.493 e. The fourth-order valence-corrected chi connectivity index (χ4v) is 5.87. The van der Waals surface area contributed by atoms with Crippen LogP contribution in [0.15, 0.2) is 54.7 Å². The van der Waals surface area contributed by atoms with Crippen LogP contribution < -0.4 is 14.2 Å². The molecule has 3 aliphatic rings. The number of rotatable bonds is 4. The van der Waals surface area contributed by atoms with Crippen molar-refractivity contribution in [2.24, 2.45) is 0 Å². The predicted octanol–water partition coefficient (Wildman–Crippen LogP) is 5.20. The normalized spacial score (nSPS) is 22.0. The highest BCUT2D eigenvalue weighted by molar-refractivity contribution is 6.30. The zero-order chi connectivity index (χ0) is 24.9. The van der Waals surface area contributed by atoms with Gasteiger partial charge in [0, 0.05) is 56.6 Å². The number of aliphatic hydroxyl groups excluding tert-OH is 1. The molecule has 1 saturated carbocycles. The van der Waals surface area contributed by atoms with E-state index >= 15 is 0 Å². The Morgan fingerprint density at radius 1 is 1.14 bits per heavy atom. The third-order valence-electron chi connectivity index (χ3n) is 7.62. The summed E-state index contributed by atoms with van der Waals surface area (Å²) >= 11 is 6.25. The van der Waals surface area contributed by atoms with E-state index in [4.69, 9.17) is 25.8 Å². The second-order valence-electron chi connectivity index (χ2n) is 9.84. The molecule has 1 aromatic heterocycles. The van der Waals surface area contributed by atoms with Gasteiger partial charge in [-0.1, -0.05) is 11.6 Å². The number of benzene rings is 2. The number of nitrogens with zero attached hydrogens (tertiary/aromatic N) is 2. The van der Waals surface area contributed by atoms with E-state index in [2.05, 4.69) is 10.6 Å². The van der Waals surface area contributed by atoms with Crippen molar-refractivity contribution >= 4 is 17.5 Å². The molecule has 2 atom stereocenters. The molecule has 0 bridgehead atoms. The molecule has 1 N–H and O–H groups in total. The molecule has 2 fully saturated rings. The van der Waals surface area contributed by atoms with Crippen LogP contribution in [-0.2, 0) is 5.60 Å². The summed E-state index contributed by atoms with van der Waals surface area (Å²) in [5.74, 6) is 1.85. The molecule has 1 spiro atoms. The first-order valence-corrected chi connectivity index (χ1v) is 12.8. The summed E-state index contributed by atoms with van der Waals surface area (Å²) in [6.07, 6.45) is 5.21. The number of carbonyl (C=O) groups excluding carboxylic acids is 1. The molecular weight excluding hydrogens is 480 g/mol. The molecule has 1 saturated heterocycles. The number of piperidine rings is 1. The Bertz CT molecular complexity index is 1300. The summed E-state index contributed by atoms with van der Waals surface area (Å²) in [5, 5.41) is 10.4. The molecule has 1 aliphatic carbocycles. The van der Waals surface area contributed by atoms with Crippen LogP contribution in [0.4, 0.5) is 0 Å². The molecule has 7 nitrogen and oxygen atoms in total. The topological polar surface area (TPSA) is 73.2 Å². The summed E-state index contributed by atoms with van der Waals surface area (Å²) in [6, 6.07) is 15.2. The van der Waals surface area contributed by atoms with Gasteiger partial charge < -0.3 is 28.8 Å². The zero-order valence-corrected chi connectivity index (χ0v) is 20.9. The van der Waals surface area contributed by atoms with Gasteiger partial charge in [-0.2, -0.15) is 0 Å². The van der Waals surface area contributed by atoms with Crippen molar-refractivity contribution in [1.82, 2.24) is 9.47 Å². The highest BCUT2D eigenvalue weighted by Crippen LogP contribution is 2.46. The number of carbonyl (C=O) groups is 1. The molecule has 0 radical (unpaired) electrons. The van der Waals surface area contributed by atoms with E-state index in [-0.39, 0.29) is 19.5 Å². The van der Waals surface area contributed by atoms with Gasteiger partial charge in [0.1, 0.15) is 11.9 Å². The second kappa shape index (κ2) is 9.05. The van der Waals surface area contributed by atoms with Crippen molar-refractivity contribution in [2.75, 3.05) is 20.2 Å². The number of hydrogen-bond acceptors (Lipinski definition) is 5. The van der Waals surface area contributed by atoms with Crippen LogP contribution in [0.25, 0.3) is 5.69 Å². The molecule has 2 aliphatic heterocycles. The van der Waals surface area contributed by atoms with Gasteiger partial charge in [0.25, 0.3) is 5.91 Å². The average Bonchev–Trinajstić information content (AvgIpc) is 3.54. The number of fused-ring (bicyclic) bond motifs is 4. The number of aliphatic hydroxyl groups is 1. The summed E-state index contributed by atoms with van der Waals surface area (Å²) < 4.78 is 20.3. The number of amides is 1. The fraction of sp³-hybridized carbons (Fsp3) is 0.393. The first kappa shape index (κ1) is 23.3. The quantitative estimate of drug-likeness (QED) is 0.522. The number of hydrogen-bond donors (Lipinski definition) is 1. The maximum absolute atomic E-state index is 13.4. The Balaban J connectivity index is 0.00000280. The minimum absolute atomic E-state index is 0. The van der Waals surface area contributed by atoms with Crippen LogP contribution >= 0.6 is 11.6 Å². The second-order valence-corrected chi connectivity index (χ2v) is 10.3. The zero-order valence-electron chi connectivity index (χ0n) is 20.2. The molecule has 190 valence electrons. The molecule has 2 unspecified atom stereocenters. The van der Waals surface area contributed by atoms with Gasteiger partial charge in [0.05, 0.1) is 24.6 Å². The van der Waals surface area contributed by atoms with E-state index in [9.17, 15) is 9.90 Å². The number of aromatic nitrogens is 1. The highest BCUT2D eigenvalue weighted by Gasteiger charge is 2.44. The molecule has 2 aromatic carbocycles. The SMILES string of the molecule is COc1cc(C(=O)N2CCC3(CC2)Oc2cc(Cl)ccc2-n2cccc23)ccc1OC1CCC(O)C1.[HH]. The minimum Gasteiger partial charge on any atom is -0.493 e. The monoisotopic (exact) mass is 510 g/mol. The van der Waals surface area contributed by atoms with Gasteiger partial charge in [0.2, 0.25) is 0 Å². The van der Waals surface area contributed by atoms with Gasteiger partial charge >= 0.3 is 0 Å². The molecule has 1 amide bonds. The summed E-state index contributed by atoms with van der Waals surface area (Å²) in [7, 11) is 1.57. The van der Waals surface area contributed by atoms with Crippen LogP contribution in [0.1, 0.15) is 49.6 Å². The molecule has 8 heteroatoms. The Morgan fingerprint density at radius 3 is 2.72 bits per heavy atom. The molecule has 3 heterocycles. The maximum atomic E-state index is 13.4. The van der Waals surface area contributed by atoms with Crippen molar-refractivity contribution in [1.29, 1.82) is 0 Å². The van der Waals surface area contributed by atoms with E-state index in [0.717, 1.165) is 30.0 Å². The van der Waals surface area contributed by atoms with E-state index < -0.39 is 5.60 Å². The van der Waals surface area contributed by atoms with Gasteiger partial charge in [-0.3, -0.25) is 4.79 Å². The minimum atomic E-state index is -0.501. The van der Waals surface area contributed by atoms with Crippen molar-refractivity contribution in [2.45, 2.75) is 49.9 Å². The number of ether oxygens (including phenoxy) is 3. The van der Waals surface area contributed by atoms with E-state index in [0.29, 0.717) is 54.4 Å². The maximum Gasteiger partial charge on any atom is 0.253 e. The summed E-state index contributed by atoms with van der Waals surface area (Å²) in [5.41, 5.74) is 2.14. The van der Waals surface area contributed by atoms with E-state index in [1.165, 1.54) is 0 Å². The number of halogens is 1. The number of likely N-dealkylation sites (tertiary alicyclic amines) is 1. The van der Waals surface area contributed by atoms with Crippen LogP contribution in [0, 0.1) is 0 Å². The third kappa shape index (κ3) is 4.00. The first-order valence-electron chi connectivity index (χ1n) is 12.4. The highest BCUT2D eigenvalue weighted by atomic mass is 35.5. The van der Waals surface area contributed by atoms with Crippen molar-refractivity contribution in [3.8, 4) is 22.9 Å². The Morgan fingerprint density at radius 2 is 1.97 bits per heavy atom. The lowest BCUT2D eigenvalue weighted by Gasteiger charge is -2.45. The number of methoxy groups -OCH3 is 1. The molecular formula is C28H31ClN2O5. The van der Waals surface area contributed by atoms with Crippen molar-refractivity contribution in [3.05, 3.63) is 71.0 Å². The third-order valence-corrected chi connectivity index (χ3v) is 7.86. The molecule has 6 rings (SSSR count). The van der Waals surface area contributed by atoms with E-state index in [1.807, 2.05) is 35.4 Å². The lowest BCUT2D eigenvalue weighted by molar-refractivity contribution is -0.00930. The van der Waals surface area contributed by atoms with E-state index in [1.54, 1.807) is 25.3 Å². The predicted molar refractivity (Wildman–Crippen MR) is 138 cm³/mol. The van der Waals surface area contributed by atoms with Crippen molar-refractivity contribution < 1.29 is 25.5 Å². The molecule has 36 heavy (non-hydrogen) atoms. The summed E-state index contributed by atoms with van der Waals surface area (Å²) in [6.45, 7) is 1.14. The van der Waals surface area contributed by atoms with Gasteiger partial charge in [-0.25, -0.2) is 0 Å². The van der Waals surface area contributed by atoms with Gasteiger partial charge in [0.15, 0.2) is 17.1 Å². The fourth-order valence-electron chi connectivity index (χ4n) is 5.71. The Hall–Kier alpha value is -3.16. The van der Waals surface area contributed by atoms with Crippen LogP contribution in [0.3, 0.4) is 0 Å². The van der Waals surface area contributed by atoms with Crippen LogP contribution in [-0.4, -0.2) is 52.9 Å². The van der Waals surface area contributed by atoms with Crippen molar-refractivity contribution in [3.63, 3.8) is 0 Å². The first-order chi connectivity index (χ1) is 17.5. The Kier molecular flexibility index (Phi) is 5.85. The van der Waals surface area contributed by atoms with Crippen LogP contribution in [0.5, 0.6) is 17.2 Å². The standard InChI is InChI=1S/C28H29ClN2O5.H2/c1-34-25-15-18(4-9-23(25)35-21-7-6-20(32)17-21)27(33)30-13-10-28(11-14-30)26-3-2-12-31(26)22-8-5-19(29)16-24(22)36-28;/h2-5,8-9,12,15-16,20-21,32H,6-7,10-11,13-14,17H2,1H3;1H. The van der Waals surface area contributed by atoms with Crippen LogP contribution in [0.2, 0.25) is 5.02 Å². The smallest absolute Gasteiger partial charge is 0.253 e. The Labute approximate surface area is 216 Å². The summed E-state index contributed by atoms with van der Waals surface area (Å²) in [4.78, 5) is 15.3. The lowest BCUT2D eigenvalue weighted by Crippen LogP contribution is -2.50. The van der Waals surface area contributed by atoms with Gasteiger partial charge in [-0.15, -0.1) is 0 Å². The average molecular weight is 511 g/mol. The lowest BCUT2D eigenvalue weighted by atomic mass is 9.86. The van der Waals surface area contributed by atoms with Gasteiger partial charge in [-0.05, 0) is 55.3 Å².